The van der Waals surface area contributed by atoms with Crippen LogP contribution in [0.5, 0.6) is 0 Å². The zero-order chi connectivity index (χ0) is 12.5. The number of halogens is 1. The average molecular weight is 337 g/mol. The van der Waals surface area contributed by atoms with Crippen molar-refractivity contribution in [2.24, 2.45) is 5.41 Å². The monoisotopic (exact) mass is 336 g/mol. The van der Waals surface area contributed by atoms with E-state index in [0.717, 1.165) is 22.2 Å². The first-order chi connectivity index (χ1) is 8.01. The van der Waals surface area contributed by atoms with Crippen LogP contribution in [-0.4, -0.2) is 21.0 Å². The number of carboxylic acids is 1. The summed E-state index contributed by atoms with van der Waals surface area (Å²) in [6.07, 6.45) is 1.96. The summed E-state index contributed by atoms with van der Waals surface area (Å²) >= 11 is 4.99. The SMILES string of the molecule is O=C(O)CC1(CS(=O)Cc2sccc2Br)CC1. The van der Waals surface area contributed by atoms with Gasteiger partial charge < -0.3 is 5.11 Å². The second-order valence-electron chi connectivity index (χ2n) is 4.49. The lowest BCUT2D eigenvalue weighted by molar-refractivity contribution is -0.138. The molecule has 1 aromatic rings. The number of aliphatic carboxylic acids is 1. The molecular formula is C11H13BrO3S2. The third-order valence-corrected chi connectivity index (χ3v) is 6.59. The van der Waals surface area contributed by atoms with Gasteiger partial charge in [-0.1, -0.05) is 0 Å². The standard InChI is InChI=1S/C11H13BrO3S2/c12-8-1-4-16-9(8)6-17(15)7-11(2-3-11)5-10(13)14/h1,4H,2-3,5-7H2,(H,13,14). The third-order valence-electron chi connectivity index (χ3n) is 2.93. The Hall–Kier alpha value is -0.200. The Morgan fingerprint density at radius 3 is 2.76 bits per heavy atom. The van der Waals surface area contributed by atoms with Crippen LogP contribution in [-0.2, 0) is 21.3 Å². The van der Waals surface area contributed by atoms with E-state index in [1.54, 1.807) is 11.3 Å². The first-order valence-corrected chi connectivity index (χ1v) is 8.45. The third kappa shape index (κ3) is 3.63. The molecule has 1 saturated carbocycles. The molecule has 0 bridgehead atoms. The van der Waals surface area contributed by atoms with E-state index < -0.39 is 16.8 Å². The van der Waals surface area contributed by atoms with Crippen molar-refractivity contribution in [3.63, 3.8) is 0 Å². The first kappa shape index (κ1) is 13.2. The summed E-state index contributed by atoms with van der Waals surface area (Å²) in [5, 5.41) is 10.8. The average Bonchev–Trinajstić information content (AvgIpc) is 2.82. The number of rotatable bonds is 6. The molecule has 1 unspecified atom stereocenters. The molecule has 2 rings (SSSR count). The van der Waals surface area contributed by atoms with Crippen LogP contribution in [0.15, 0.2) is 15.9 Å². The predicted octanol–water partition coefficient (Wildman–Crippen LogP) is 3.01. The lowest BCUT2D eigenvalue weighted by Crippen LogP contribution is -2.17. The Labute approximate surface area is 115 Å². The fourth-order valence-electron chi connectivity index (χ4n) is 1.84. The molecule has 1 aromatic heterocycles. The van der Waals surface area contributed by atoms with Crippen molar-refractivity contribution in [2.75, 3.05) is 5.75 Å². The smallest absolute Gasteiger partial charge is 0.303 e. The van der Waals surface area contributed by atoms with E-state index in [2.05, 4.69) is 15.9 Å². The van der Waals surface area contributed by atoms with Crippen LogP contribution in [0, 0.1) is 5.41 Å². The molecule has 1 heterocycles. The van der Waals surface area contributed by atoms with Crippen molar-refractivity contribution in [3.05, 3.63) is 20.8 Å². The van der Waals surface area contributed by atoms with Crippen molar-refractivity contribution in [1.82, 2.24) is 0 Å². The molecule has 0 aromatic carbocycles. The summed E-state index contributed by atoms with van der Waals surface area (Å²) in [5.41, 5.74) is -0.180. The molecule has 6 heteroatoms. The summed E-state index contributed by atoms with van der Waals surface area (Å²) in [4.78, 5) is 11.8. The van der Waals surface area contributed by atoms with Gasteiger partial charge in [-0.2, -0.15) is 0 Å². The number of carboxylic acid groups (broad SMARTS) is 1. The highest BCUT2D eigenvalue weighted by Gasteiger charge is 2.45. The lowest BCUT2D eigenvalue weighted by atomic mass is 10.1. The zero-order valence-electron chi connectivity index (χ0n) is 9.15. The number of carbonyl (C=O) groups is 1. The van der Waals surface area contributed by atoms with Crippen LogP contribution in [0.3, 0.4) is 0 Å². The Morgan fingerprint density at radius 1 is 1.59 bits per heavy atom. The Bertz CT molecular complexity index is 451. The van der Waals surface area contributed by atoms with Crippen LogP contribution < -0.4 is 0 Å². The summed E-state index contributed by atoms with van der Waals surface area (Å²) in [6.45, 7) is 0. The molecule has 17 heavy (non-hydrogen) atoms. The number of hydrogen-bond donors (Lipinski definition) is 1. The van der Waals surface area contributed by atoms with Gasteiger partial charge in [-0.3, -0.25) is 9.00 Å². The highest BCUT2D eigenvalue weighted by Crippen LogP contribution is 2.49. The van der Waals surface area contributed by atoms with Crippen LogP contribution in [0.1, 0.15) is 24.1 Å². The van der Waals surface area contributed by atoms with Crippen molar-refractivity contribution in [1.29, 1.82) is 0 Å². The summed E-state index contributed by atoms with van der Waals surface area (Å²) in [7, 11) is -0.966. The van der Waals surface area contributed by atoms with Crippen molar-refractivity contribution >= 4 is 44.0 Å². The fourth-order valence-corrected chi connectivity index (χ4v) is 5.59. The molecule has 1 aliphatic rings. The van der Waals surface area contributed by atoms with Crippen molar-refractivity contribution in [3.8, 4) is 0 Å². The van der Waals surface area contributed by atoms with Gasteiger partial charge >= 0.3 is 5.97 Å². The van der Waals surface area contributed by atoms with E-state index >= 15 is 0 Å². The Morgan fingerprint density at radius 2 is 2.29 bits per heavy atom. The maximum Gasteiger partial charge on any atom is 0.303 e. The molecule has 0 amide bonds. The molecular weight excluding hydrogens is 324 g/mol. The fraction of sp³-hybridized carbons (Fsp3) is 0.545. The maximum absolute atomic E-state index is 12.0. The van der Waals surface area contributed by atoms with E-state index in [0.29, 0.717) is 11.5 Å². The molecule has 1 N–H and O–H groups in total. The summed E-state index contributed by atoms with van der Waals surface area (Å²) in [6, 6.07) is 1.95. The Kier molecular flexibility index (Phi) is 4.05. The number of hydrogen-bond acceptors (Lipinski definition) is 3. The molecule has 0 saturated heterocycles. The first-order valence-electron chi connectivity index (χ1n) is 5.29. The minimum atomic E-state index is -0.966. The minimum absolute atomic E-state index is 0.157. The molecule has 0 aliphatic heterocycles. The minimum Gasteiger partial charge on any atom is -0.481 e. The van der Waals surface area contributed by atoms with Gasteiger partial charge in [0.25, 0.3) is 0 Å². The Balaban J connectivity index is 1.90. The van der Waals surface area contributed by atoms with Crippen molar-refractivity contribution in [2.45, 2.75) is 25.0 Å². The van der Waals surface area contributed by atoms with Crippen LogP contribution in [0.4, 0.5) is 0 Å². The highest BCUT2D eigenvalue weighted by molar-refractivity contribution is 9.10. The molecule has 1 aliphatic carbocycles. The van der Waals surface area contributed by atoms with Gasteiger partial charge in [0.05, 0.1) is 12.2 Å². The van der Waals surface area contributed by atoms with E-state index in [-0.39, 0.29) is 11.8 Å². The van der Waals surface area contributed by atoms with Gasteiger partial charge in [-0.05, 0) is 45.6 Å². The normalized spacial score (nSPS) is 18.9. The summed E-state index contributed by atoms with van der Waals surface area (Å²) < 4.78 is 13.0. The van der Waals surface area contributed by atoms with Crippen LogP contribution in [0.2, 0.25) is 0 Å². The van der Waals surface area contributed by atoms with Crippen molar-refractivity contribution < 1.29 is 14.1 Å². The van der Waals surface area contributed by atoms with Gasteiger partial charge in [-0.25, -0.2) is 0 Å². The molecule has 1 atom stereocenters. The number of thiophene rings is 1. The maximum atomic E-state index is 12.0. The van der Waals surface area contributed by atoms with Crippen LogP contribution >= 0.6 is 27.3 Å². The van der Waals surface area contributed by atoms with Gasteiger partial charge in [0.2, 0.25) is 0 Å². The van der Waals surface area contributed by atoms with E-state index in [9.17, 15) is 9.00 Å². The van der Waals surface area contributed by atoms with Crippen LogP contribution in [0.25, 0.3) is 0 Å². The van der Waals surface area contributed by atoms with Gasteiger partial charge in [0, 0.05) is 25.9 Å². The highest BCUT2D eigenvalue weighted by atomic mass is 79.9. The molecule has 3 nitrogen and oxygen atoms in total. The molecule has 94 valence electrons. The summed E-state index contributed by atoms with van der Waals surface area (Å²) in [5.74, 6) is 0.264. The zero-order valence-corrected chi connectivity index (χ0v) is 12.4. The quantitative estimate of drug-likeness (QED) is 0.868. The lowest BCUT2D eigenvalue weighted by Gasteiger charge is -2.11. The van der Waals surface area contributed by atoms with Gasteiger partial charge in [0.1, 0.15) is 0 Å². The topological polar surface area (TPSA) is 54.4 Å². The molecule has 0 spiro atoms. The molecule has 0 radical (unpaired) electrons. The second kappa shape index (κ2) is 5.20. The molecule has 1 fully saturated rings. The van der Waals surface area contributed by atoms with E-state index in [1.165, 1.54) is 0 Å². The predicted molar refractivity (Wildman–Crippen MR) is 72.7 cm³/mol. The largest absolute Gasteiger partial charge is 0.481 e. The van der Waals surface area contributed by atoms with Gasteiger partial charge in [0.15, 0.2) is 0 Å². The van der Waals surface area contributed by atoms with E-state index in [4.69, 9.17) is 5.11 Å². The van der Waals surface area contributed by atoms with E-state index in [1.807, 2.05) is 11.4 Å². The van der Waals surface area contributed by atoms with Gasteiger partial charge in [-0.15, -0.1) is 11.3 Å². The second-order valence-corrected chi connectivity index (χ2v) is 7.80.